The second-order valence-corrected chi connectivity index (χ2v) is 11.3. The number of nitrogens with two attached hydrogens (primary N) is 2. The van der Waals surface area contributed by atoms with Crippen molar-refractivity contribution in [1.82, 2.24) is 20.5 Å². The zero-order chi connectivity index (χ0) is 33.9. The summed E-state index contributed by atoms with van der Waals surface area (Å²) < 4.78 is 10.6. The van der Waals surface area contributed by atoms with Gasteiger partial charge in [0.25, 0.3) is 5.91 Å². The number of phenols is 1. The van der Waals surface area contributed by atoms with Crippen molar-refractivity contribution in [2.24, 2.45) is 16.5 Å². The Morgan fingerprint density at radius 2 is 1.77 bits per heavy atom. The van der Waals surface area contributed by atoms with E-state index in [1.165, 1.54) is 19.1 Å². The van der Waals surface area contributed by atoms with Gasteiger partial charge in [-0.2, -0.15) is 0 Å². The number of primary amides is 1. The monoisotopic (exact) mass is 660 g/mol. The summed E-state index contributed by atoms with van der Waals surface area (Å²) in [5.74, 6) is -1.99. The first kappa shape index (κ1) is 34.3. The molecule has 1 aliphatic rings. The number of amides is 3. The summed E-state index contributed by atoms with van der Waals surface area (Å²) in [6.45, 7) is 0.297. The van der Waals surface area contributed by atoms with Crippen LogP contribution in [-0.4, -0.2) is 76.7 Å². The molecule has 246 valence electrons. The number of ether oxygens (including phenoxy) is 2. The standard InChI is InChI=1S/C32H36N8O6S/c1-45-24-16-20(17-25(46-2)27(24)41)18-26-30(44)40(32(47-26)38-21-7-4-3-5-8-21)23(15-19-10-13-36-14-11-19)29(43)39-22(28(33)42)9-6-12-37-31(34)35/h3-5,7-8,10-11,13-14,16-18,22-23,41H,6,9,12,15H2,1-2H3,(H2,33,42)(H,39,43)(H4,34,35,37)/b26-18-,38-32-/t22?,23-/m0/s1. The van der Waals surface area contributed by atoms with Crippen LogP contribution in [-0.2, 0) is 20.8 Å². The molecule has 0 spiro atoms. The maximum absolute atomic E-state index is 14.2. The molecule has 2 heterocycles. The van der Waals surface area contributed by atoms with E-state index in [4.69, 9.17) is 31.3 Å². The summed E-state index contributed by atoms with van der Waals surface area (Å²) in [6.07, 6.45) is 5.37. The summed E-state index contributed by atoms with van der Waals surface area (Å²) in [4.78, 5) is 51.0. The molecule has 14 nitrogen and oxygen atoms in total. The molecule has 1 aliphatic heterocycles. The molecule has 1 fully saturated rings. The zero-order valence-corrected chi connectivity index (χ0v) is 26.6. The number of hydrogen-bond acceptors (Lipinski definition) is 10. The molecule has 8 N–H and O–H groups in total. The van der Waals surface area contributed by atoms with Crippen molar-refractivity contribution in [2.45, 2.75) is 31.3 Å². The number of nitrogens with one attached hydrogen (secondary N) is 3. The Morgan fingerprint density at radius 3 is 2.36 bits per heavy atom. The van der Waals surface area contributed by atoms with Crippen LogP contribution >= 0.6 is 11.8 Å². The molecule has 47 heavy (non-hydrogen) atoms. The third-order valence-corrected chi connectivity index (χ3v) is 8.04. The first-order valence-electron chi connectivity index (χ1n) is 14.5. The van der Waals surface area contributed by atoms with Gasteiger partial charge in [-0.25, -0.2) is 4.99 Å². The van der Waals surface area contributed by atoms with E-state index in [1.807, 2.05) is 6.07 Å². The molecular weight excluding hydrogens is 624 g/mol. The van der Waals surface area contributed by atoms with E-state index in [0.717, 1.165) is 11.8 Å². The molecule has 0 aliphatic carbocycles. The van der Waals surface area contributed by atoms with Gasteiger partial charge in [-0.1, -0.05) is 18.2 Å². The summed E-state index contributed by atoms with van der Waals surface area (Å²) in [5, 5.41) is 23.3. The number of phenolic OH excluding ortho intramolecular Hbond substituents is 1. The predicted molar refractivity (Wildman–Crippen MR) is 179 cm³/mol. The number of pyridine rings is 1. The number of rotatable bonds is 14. The van der Waals surface area contributed by atoms with Crippen molar-refractivity contribution >= 4 is 52.4 Å². The van der Waals surface area contributed by atoms with Gasteiger partial charge in [0.1, 0.15) is 12.1 Å². The number of aromatic hydroxyl groups is 1. The Balaban J connectivity index is 1.76. The second kappa shape index (κ2) is 16.1. The van der Waals surface area contributed by atoms with E-state index in [1.54, 1.807) is 67.0 Å². The Bertz CT molecular complexity index is 1640. The fraction of sp³-hybridized carbons (Fsp3) is 0.250. The van der Waals surface area contributed by atoms with Crippen LogP contribution in [0.1, 0.15) is 24.0 Å². The summed E-state index contributed by atoms with van der Waals surface area (Å²) in [7, 11) is 2.80. The highest BCUT2D eigenvalue weighted by molar-refractivity contribution is 8.18. The Morgan fingerprint density at radius 1 is 1.11 bits per heavy atom. The third-order valence-electron chi connectivity index (χ3n) is 7.06. The van der Waals surface area contributed by atoms with Crippen LogP contribution in [0.5, 0.6) is 17.2 Å². The fourth-order valence-corrected chi connectivity index (χ4v) is 5.76. The molecule has 4 rings (SSSR count). The van der Waals surface area contributed by atoms with Crippen LogP contribution < -0.4 is 31.6 Å². The lowest BCUT2D eigenvalue weighted by molar-refractivity contribution is -0.134. The molecule has 15 heteroatoms. The van der Waals surface area contributed by atoms with Crippen molar-refractivity contribution in [3.05, 3.63) is 83.0 Å². The van der Waals surface area contributed by atoms with Crippen molar-refractivity contribution < 1.29 is 29.0 Å². The molecule has 0 radical (unpaired) electrons. The summed E-state index contributed by atoms with van der Waals surface area (Å²) in [6, 6.07) is 13.3. The normalized spacial score (nSPS) is 15.7. The Kier molecular flexibility index (Phi) is 11.8. The highest BCUT2D eigenvalue weighted by Gasteiger charge is 2.42. The number of guanidine groups is 1. The third kappa shape index (κ3) is 9.00. The van der Waals surface area contributed by atoms with E-state index in [9.17, 15) is 19.5 Å². The molecule has 0 saturated carbocycles. The van der Waals surface area contributed by atoms with E-state index < -0.39 is 29.8 Å². The van der Waals surface area contributed by atoms with Crippen LogP contribution in [0.15, 0.2) is 76.9 Å². The van der Waals surface area contributed by atoms with Crippen LogP contribution in [0.4, 0.5) is 5.69 Å². The fourth-order valence-electron chi connectivity index (χ4n) is 4.73. The smallest absolute Gasteiger partial charge is 0.267 e. The van der Waals surface area contributed by atoms with Crippen molar-refractivity contribution in [1.29, 1.82) is 5.41 Å². The molecule has 0 bridgehead atoms. The lowest BCUT2D eigenvalue weighted by Crippen LogP contribution is -2.55. The topological polar surface area (TPSA) is 218 Å². The van der Waals surface area contributed by atoms with E-state index in [2.05, 4.69) is 15.6 Å². The van der Waals surface area contributed by atoms with Crippen LogP contribution in [0.3, 0.4) is 0 Å². The molecule has 2 atom stereocenters. The van der Waals surface area contributed by atoms with E-state index in [0.29, 0.717) is 29.8 Å². The number of benzene rings is 2. The van der Waals surface area contributed by atoms with Gasteiger partial charge in [-0.3, -0.25) is 29.7 Å². The number of hydrogen-bond donors (Lipinski definition) is 6. The summed E-state index contributed by atoms with van der Waals surface area (Å²) in [5.41, 5.74) is 12.7. The molecule has 2 aromatic carbocycles. The highest BCUT2D eigenvalue weighted by Crippen LogP contribution is 2.40. The van der Waals surface area contributed by atoms with Crippen LogP contribution in [0, 0.1) is 5.41 Å². The largest absolute Gasteiger partial charge is 0.502 e. The number of carbonyl (C=O) groups excluding carboxylic acids is 3. The molecule has 1 unspecified atom stereocenters. The first-order chi connectivity index (χ1) is 22.6. The van der Waals surface area contributed by atoms with Gasteiger partial charge in [-0.05, 0) is 78.2 Å². The Labute approximate surface area is 275 Å². The number of aliphatic imine (C=N–C) groups is 1. The maximum atomic E-state index is 14.2. The quantitative estimate of drug-likeness (QED) is 0.0641. The van der Waals surface area contributed by atoms with Crippen molar-refractivity contribution in [3.63, 3.8) is 0 Å². The molecule has 1 saturated heterocycles. The number of para-hydroxylation sites is 1. The van der Waals surface area contributed by atoms with Gasteiger partial charge in [0.05, 0.1) is 24.8 Å². The SMILES string of the molecule is COc1cc(/C=C2\S/C(=N\c3ccccc3)N([C@@H](Cc3ccncc3)C(=O)NC(CCCNC(=N)N)C(N)=O)C2=O)cc(OC)c1O. The minimum absolute atomic E-state index is 0.0694. The highest BCUT2D eigenvalue weighted by atomic mass is 32.2. The van der Waals surface area contributed by atoms with Gasteiger partial charge in [0, 0.05) is 25.4 Å². The van der Waals surface area contributed by atoms with Crippen molar-refractivity contribution in [2.75, 3.05) is 20.8 Å². The lowest BCUT2D eigenvalue weighted by atomic mass is 10.0. The van der Waals surface area contributed by atoms with Crippen LogP contribution in [0.2, 0.25) is 0 Å². The maximum Gasteiger partial charge on any atom is 0.267 e. The van der Waals surface area contributed by atoms with Gasteiger partial charge >= 0.3 is 0 Å². The molecule has 1 aromatic heterocycles. The number of thioether (sulfide) groups is 1. The lowest BCUT2D eigenvalue weighted by Gasteiger charge is -2.28. The molecule has 3 amide bonds. The molecule has 3 aromatic rings. The summed E-state index contributed by atoms with van der Waals surface area (Å²) >= 11 is 1.07. The van der Waals surface area contributed by atoms with E-state index in [-0.39, 0.29) is 46.1 Å². The number of nitrogens with zero attached hydrogens (tertiary/aromatic N) is 3. The van der Waals surface area contributed by atoms with Gasteiger partial charge in [0.2, 0.25) is 17.6 Å². The minimum atomic E-state index is -1.15. The van der Waals surface area contributed by atoms with Gasteiger partial charge < -0.3 is 36.7 Å². The van der Waals surface area contributed by atoms with Crippen LogP contribution in [0.25, 0.3) is 6.08 Å². The Hall–Kier alpha value is -5.57. The minimum Gasteiger partial charge on any atom is -0.502 e. The van der Waals surface area contributed by atoms with E-state index >= 15 is 0 Å². The number of aromatic nitrogens is 1. The first-order valence-corrected chi connectivity index (χ1v) is 15.3. The zero-order valence-electron chi connectivity index (χ0n) is 25.8. The van der Waals surface area contributed by atoms with Crippen molar-refractivity contribution in [3.8, 4) is 17.2 Å². The average Bonchev–Trinajstić information content (AvgIpc) is 3.35. The number of amidine groups is 1. The average molecular weight is 661 g/mol. The number of carbonyl (C=O) groups is 3. The number of methoxy groups -OCH3 is 2. The second-order valence-electron chi connectivity index (χ2n) is 10.3. The molecular formula is C32H36N8O6S. The van der Waals surface area contributed by atoms with Gasteiger partial charge in [-0.15, -0.1) is 0 Å². The van der Waals surface area contributed by atoms with Gasteiger partial charge in [0.15, 0.2) is 22.6 Å². The predicted octanol–water partition coefficient (Wildman–Crippen LogP) is 2.25.